The fraction of sp³-hybridized carbons (Fsp3) is 0.143. The van der Waals surface area contributed by atoms with Crippen molar-refractivity contribution in [2.45, 2.75) is 6.92 Å². The molecule has 0 fully saturated rings. The average molecular weight is 325 g/mol. The van der Waals surface area contributed by atoms with Crippen molar-refractivity contribution in [2.75, 3.05) is 17.7 Å². The van der Waals surface area contributed by atoms with Crippen LogP contribution in [0.2, 0.25) is 0 Å². The van der Waals surface area contributed by atoms with Crippen LogP contribution in [-0.2, 0) is 0 Å². The Morgan fingerprint density at radius 1 is 1.32 bits per heavy atom. The number of benzene rings is 2. The van der Waals surface area contributed by atoms with Crippen LogP contribution >= 0.6 is 15.9 Å². The third-order valence-electron chi connectivity index (χ3n) is 2.52. The highest BCUT2D eigenvalue weighted by atomic mass is 79.9. The smallest absolute Gasteiger partial charge is 0.139 e. The van der Waals surface area contributed by atoms with Crippen LogP contribution in [0.1, 0.15) is 6.92 Å². The Balaban J connectivity index is 2.25. The zero-order valence-corrected chi connectivity index (χ0v) is 12.0. The van der Waals surface area contributed by atoms with Crippen LogP contribution in [0, 0.1) is 5.82 Å². The van der Waals surface area contributed by atoms with Crippen LogP contribution in [-0.4, -0.2) is 6.61 Å². The summed E-state index contributed by atoms with van der Waals surface area (Å²) in [4.78, 5) is 0. The summed E-state index contributed by atoms with van der Waals surface area (Å²) < 4.78 is 19.1. The summed E-state index contributed by atoms with van der Waals surface area (Å²) in [7, 11) is 0. The Hall–Kier alpha value is -1.75. The number of nitrogen functional groups attached to an aromatic ring is 1. The highest BCUT2D eigenvalue weighted by molar-refractivity contribution is 9.10. The van der Waals surface area contributed by atoms with Gasteiger partial charge >= 0.3 is 0 Å². The minimum Gasteiger partial charge on any atom is -0.494 e. The summed E-state index contributed by atoms with van der Waals surface area (Å²) in [6, 6.07) is 10.4. The van der Waals surface area contributed by atoms with E-state index < -0.39 is 0 Å². The molecule has 0 aliphatic carbocycles. The van der Waals surface area contributed by atoms with Gasteiger partial charge in [0.15, 0.2) is 0 Å². The predicted molar refractivity (Wildman–Crippen MR) is 79.4 cm³/mol. The molecule has 2 rings (SSSR count). The largest absolute Gasteiger partial charge is 0.494 e. The van der Waals surface area contributed by atoms with Crippen molar-refractivity contribution in [1.29, 1.82) is 0 Å². The summed E-state index contributed by atoms with van der Waals surface area (Å²) >= 11 is 3.14. The first-order valence-corrected chi connectivity index (χ1v) is 6.64. The lowest BCUT2D eigenvalue weighted by Crippen LogP contribution is -1.98. The molecule has 3 N–H and O–H groups in total. The van der Waals surface area contributed by atoms with Crippen LogP contribution in [0.5, 0.6) is 5.75 Å². The highest BCUT2D eigenvalue weighted by Crippen LogP contribution is 2.30. The van der Waals surface area contributed by atoms with Crippen molar-refractivity contribution in [3.8, 4) is 5.75 Å². The number of anilines is 3. The molecule has 0 unspecified atom stereocenters. The highest BCUT2D eigenvalue weighted by Gasteiger charge is 2.06. The Kier molecular flexibility index (Phi) is 4.27. The van der Waals surface area contributed by atoms with E-state index >= 15 is 0 Å². The monoisotopic (exact) mass is 324 g/mol. The summed E-state index contributed by atoms with van der Waals surface area (Å²) in [5.74, 6) is 0.387. The summed E-state index contributed by atoms with van der Waals surface area (Å²) in [5, 5.41) is 3.14. The second-order valence-electron chi connectivity index (χ2n) is 3.94. The third kappa shape index (κ3) is 3.38. The van der Waals surface area contributed by atoms with Crippen molar-refractivity contribution in [2.24, 2.45) is 0 Å². The molecular formula is C14H14BrFN2O. The van der Waals surface area contributed by atoms with Crippen LogP contribution < -0.4 is 15.8 Å². The van der Waals surface area contributed by atoms with Crippen molar-refractivity contribution >= 4 is 33.0 Å². The minimum absolute atomic E-state index is 0.350. The van der Waals surface area contributed by atoms with Gasteiger partial charge in [0.2, 0.25) is 0 Å². The molecule has 0 atom stereocenters. The summed E-state index contributed by atoms with van der Waals surface area (Å²) in [6.45, 7) is 2.53. The molecule has 0 aliphatic heterocycles. The molecule has 5 heteroatoms. The molecular weight excluding hydrogens is 311 g/mol. The fourth-order valence-corrected chi connectivity index (χ4v) is 2.00. The maximum atomic E-state index is 13.3. The van der Waals surface area contributed by atoms with Gasteiger partial charge in [0.1, 0.15) is 11.6 Å². The van der Waals surface area contributed by atoms with Crippen LogP contribution in [0.4, 0.5) is 21.5 Å². The molecule has 0 aromatic heterocycles. The van der Waals surface area contributed by atoms with Crippen LogP contribution in [0.15, 0.2) is 40.9 Å². The quantitative estimate of drug-likeness (QED) is 0.824. The maximum absolute atomic E-state index is 13.3. The van der Waals surface area contributed by atoms with Gasteiger partial charge in [0.05, 0.1) is 22.5 Å². The van der Waals surface area contributed by atoms with Crippen molar-refractivity contribution in [3.05, 3.63) is 46.7 Å². The van der Waals surface area contributed by atoms with Gasteiger partial charge in [0.25, 0.3) is 0 Å². The van der Waals surface area contributed by atoms with E-state index in [1.54, 1.807) is 6.07 Å². The molecule has 0 saturated heterocycles. The Morgan fingerprint density at radius 2 is 2.11 bits per heavy atom. The molecule has 0 heterocycles. The van der Waals surface area contributed by atoms with E-state index in [-0.39, 0.29) is 5.82 Å². The SMILES string of the molecule is CCOc1cccc(Nc2cc(Br)c(F)cc2N)c1. The lowest BCUT2D eigenvalue weighted by molar-refractivity contribution is 0.340. The molecule has 2 aromatic rings. The van der Waals surface area contributed by atoms with E-state index in [1.807, 2.05) is 31.2 Å². The maximum Gasteiger partial charge on any atom is 0.139 e. The van der Waals surface area contributed by atoms with Crippen molar-refractivity contribution in [1.82, 2.24) is 0 Å². The first-order chi connectivity index (χ1) is 9.10. The van der Waals surface area contributed by atoms with E-state index in [9.17, 15) is 4.39 Å². The molecule has 0 amide bonds. The van der Waals surface area contributed by atoms with Gasteiger partial charge in [-0.25, -0.2) is 4.39 Å². The van der Waals surface area contributed by atoms with Crippen molar-refractivity contribution in [3.63, 3.8) is 0 Å². The molecule has 0 bridgehead atoms. The van der Waals surface area contributed by atoms with Gasteiger partial charge in [0, 0.05) is 17.8 Å². The molecule has 0 saturated carbocycles. The molecule has 3 nitrogen and oxygen atoms in total. The number of halogens is 2. The summed E-state index contributed by atoms with van der Waals surface area (Å²) in [6.07, 6.45) is 0. The first kappa shape index (κ1) is 13.7. The number of hydrogen-bond acceptors (Lipinski definition) is 3. The first-order valence-electron chi connectivity index (χ1n) is 5.84. The molecule has 2 aromatic carbocycles. The van der Waals surface area contributed by atoms with Gasteiger partial charge in [-0.05, 0) is 41.1 Å². The fourth-order valence-electron chi connectivity index (χ4n) is 1.66. The van der Waals surface area contributed by atoms with E-state index in [4.69, 9.17) is 10.5 Å². The number of hydrogen-bond donors (Lipinski definition) is 2. The lowest BCUT2D eigenvalue weighted by atomic mass is 10.2. The molecule has 0 radical (unpaired) electrons. The van der Waals surface area contributed by atoms with Gasteiger partial charge in [-0.1, -0.05) is 6.07 Å². The molecule has 19 heavy (non-hydrogen) atoms. The van der Waals surface area contributed by atoms with E-state index in [2.05, 4.69) is 21.2 Å². The summed E-state index contributed by atoms with van der Waals surface area (Å²) in [5.41, 5.74) is 7.60. The Labute approximate surface area is 119 Å². The number of nitrogens with one attached hydrogen (secondary N) is 1. The second-order valence-corrected chi connectivity index (χ2v) is 4.79. The lowest BCUT2D eigenvalue weighted by Gasteiger charge is -2.11. The number of ether oxygens (including phenoxy) is 1. The Morgan fingerprint density at radius 3 is 2.84 bits per heavy atom. The zero-order valence-electron chi connectivity index (χ0n) is 10.4. The molecule has 0 spiro atoms. The standard InChI is InChI=1S/C14H14BrFN2O/c1-2-19-10-5-3-4-9(6-10)18-14-7-11(15)12(16)8-13(14)17/h3-8,18H,2,17H2,1H3. The molecule has 0 aliphatic rings. The number of nitrogens with two attached hydrogens (primary N) is 1. The van der Waals surface area contributed by atoms with E-state index in [1.165, 1.54) is 6.07 Å². The van der Waals surface area contributed by atoms with Crippen LogP contribution in [0.25, 0.3) is 0 Å². The van der Waals surface area contributed by atoms with Crippen LogP contribution in [0.3, 0.4) is 0 Å². The van der Waals surface area contributed by atoms with Gasteiger partial charge in [-0.3, -0.25) is 0 Å². The number of rotatable bonds is 4. The topological polar surface area (TPSA) is 47.3 Å². The van der Waals surface area contributed by atoms with Gasteiger partial charge in [-0.15, -0.1) is 0 Å². The average Bonchev–Trinajstić information content (AvgIpc) is 2.37. The minimum atomic E-state index is -0.383. The normalized spacial score (nSPS) is 10.3. The van der Waals surface area contributed by atoms with Gasteiger partial charge < -0.3 is 15.8 Å². The Bertz CT molecular complexity index is 590. The third-order valence-corrected chi connectivity index (χ3v) is 3.12. The zero-order chi connectivity index (χ0) is 13.8. The predicted octanol–water partition coefficient (Wildman–Crippen LogP) is 4.31. The van der Waals surface area contributed by atoms with Crippen molar-refractivity contribution < 1.29 is 9.13 Å². The second kappa shape index (κ2) is 5.93. The van der Waals surface area contributed by atoms with Gasteiger partial charge in [-0.2, -0.15) is 0 Å². The van der Waals surface area contributed by atoms with E-state index in [0.29, 0.717) is 22.5 Å². The molecule has 100 valence electrons. The van der Waals surface area contributed by atoms with E-state index in [0.717, 1.165) is 11.4 Å².